The minimum atomic E-state index is -0.480. The molecule has 1 aliphatic heterocycles. The molecule has 150 valence electrons. The van der Waals surface area contributed by atoms with Gasteiger partial charge in [0.1, 0.15) is 11.3 Å². The van der Waals surface area contributed by atoms with Gasteiger partial charge >= 0.3 is 0 Å². The summed E-state index contributed by atoms with van der Waals surface area (Å²) in [7, 11) is 1.69. The Labute approximate surface area is 177 Å². The van der Waals surface area contributed by atoms with E-state index in [4.69, 9.17) is 9.15 Å². The maximum absolute atomic E-state index is 13.2. The van der Waals surface area contributed by atoms with Crippen molar-refractivity contribution in [2.75, 3.05) is 13.7 Å². The van der Waals surface area contributed by atoms with Gasteiger partial charge in [0.2, 0.25) is 5.76 Å². The molecule has 0 bridgehead atoms. The van der Waals surface area contributed by atoms with E-state index in [-0.39, 0.29) is 17.1 Å². The minimum Gasteiger partial charge on any atom is -0.494 e. The van der Waals surface area contributed by atoms with Crippen molar-refractivity contribution in [1.29, 1.82) is 0 Å². The minimum absolute atomic E-state index is 0.122. The molecule has 1 aliphatic rings. The number of benzene rings is 2. The number of hydrogen-bond acceptors (Lipinski definition) is 4. The number of halogens is 1. The highest BCUT2D eigenvalue weighted by atomic mass is 79.9. The SMILES string of the molecule is CCCCCOc1ccc(C2c3c(oc4ccc(Br)cc4c3=O)C(=O)N2C)cc1. The van der Waals surface area contributed by atoms with E-state index in [0.717, 1.165) is 35.0 Å². The predicted octanol–water partition coefficient (Wildman–Crippen LogP) is 5.30. The molecule has 0 fully saturated rings. The number of hydrogen-bond donors (Lipinski definition) is 0. The molecule has 0 aliphatic carbocycles. The van der Waals surface area contributed by atoms with Crippen molar-refractivity contribution >= 4 is 32.8 Å². The van der Waals surface area contributed by atoms with Gasteiger partial charge in [0, 0.05) is 11.5 Å². The Morgan fingerprint density at radius 1 is 1.10 bits per heavy atom. The van der Waals surface area contributed by atoms with Crippen molar-refractivity contribution in [3.05, 3.63) is 74.0 Å². The Morgan fingerprint density at radius 2 is 1.86 bits per heavy atom. The number of nitrogens with zero attached hydrogens (tertiary/aromatic N) is 1. The maximum Gasteiger partial charge on any atom is 0.290 e. The van der Waals surface area contributed by atoms with Gasteiger partial charge in [0.05, 0.1) is 23.6 Å². The van der Waals surface area contributed by atoms with Gasteiger partial charge in [-0.15, -0.1) is 0 Å². The molecule has 1 unspecified atom stereocenters. The van der Waals surface area contributed by atoms with Crippen LogP contribution in [0.15, 0.2) is 56.1 Å². The lowest BCUT2D eigenvalue weighted by Gasteiger charge is -2.20. The van der Waals surface area contributed by atoms with Gasteiger partial charge in [-0.1, -0.05) is 47.8 Å². The average Bonchev–Trinajstić information content (AvgIpc) is 2.98. The van der Waals surface area contributed by atoms with Crippen molar-refractivity contribution in [2.45, 2.75) is 32.2 Å². The monoisotopic (exact) mass is 455 g/mol. The van der Waals surface area contributed by atoms with Crippen molar-refractivity contribution in [3.8, 4) is 5.75 Å². The lowest BCUT2D eigenvalue weighted by Crippen LogP contribution is -2.25. The van der Waals surface area contributed by atoms with Crippen LogP contribution >= 0.6 is 15.9 Å². The molecule has 0 radical (unpaired) electrons. The predicted molar refractivity (Wildman–Crippen MR) is 116 cm³/mol. The summed E-state index contributed by atoms with van der Waals surface area (Å²) in [6, 6.07) is 12.3. The average molecular weight is 456 g/mol. The largest absolute Gasteiger partial charge is 0.494 e. The summed E-state index contributed by atoms with van der Waals surface area (Å²) in [6.45, 7) is 2.84. The number of fused-ring (bicyclic) bond motifs is 2. The van der Waals surface area contributed by atoms with Crippen molar-refractivity contribution < 1.29 is 13.9 Å². The van der Waals surface area contributed by atoms with Crippen LogP contribution in [-0.4, -0.2) is 24.5 Å². The fourth-order valence-corrected chi connectivity index (χ4v) is 4.10. The fraction of sp³-hybridized carbons (Fsp3) is 0.304. The van der Waals surface area contributed by atoms with E-state index >= 15 is 0 Å². The summed E-state index contributed by atoms with van der Waals surface area (Å²) in [4.78, 5) is 27.6. The Hall–Kier alpha value is -2.60. The van der Waals surface area contributed by atoms with E-state index in [1.54, 1.807) is 30.1 Å². The van der Waals surface area contributed by atoms with Gasteiger partial charge in [-0.25, -0.2) is 0 Å². The molecule has 29 heavy (non-hydrogen) atoms. The topological polar surface area (TPSA) is 59.8 Å². The van der Waals surface area contributed by atoms with Crippen LogP contribution in [0.4, 0.5) is 0 Å². The van der Waals surface area contributed by atoms with Gasteiger partial charge in [-0.3, -0.25) is 9.59 Å². The van der Waals surface area contributed by atoms with Crippen molar-refractivity contribution in [3.63, 3.8) is 0 Å². The third kappa shape index (κ3) is 3.57. The van der Waals surface area contributed by atoms with Gasteiger partial charge in [-0.2, -0.15) is 0 Å². The maximum atomic E-state index is 13.2. The lowest BCUT2D eigenvalue weighted by atomic mass is 9.99. The van der Waals surface area contributed by atoms with E-state index in [1.807, 2.05) is 24.3 Å². The van der Waals surface area contributed by atoms with Gasteiger partial charge < -0.3 is 14.1 Å². The molecule has 3 aromatic rings. The van der Waals surface area contributed by atoms with Crippen LogP contribution in [0, 0.1) is 0 Å². The van der Waals surface area contributed by atoms with Gasteiger partial charge in [0.25, 0.3) is 5.91 Å². The Kier molecular flexibility index (Phi) is 5.46. The van der Waals surface area contributed by atoms with E-state index in [0.29, 0.717) is 23.1 Å². The van der Waals surface area contributed by atoms with Crippen LogP contribution in [0.1, 0.15) is 53.9 Å². The second-order valence-corrected chi connectivity index (χ2v) is 8.17. The molecule has 1 atom stereocenters. The molecule has 0 spiro atoms. The molecule has 2 heterocycles. The Morgan fingerprint density at radius 3 is 2.59 bits per heavy atom. The van der Waals surface area contributed by atoms with Crippen LogP contribution in [0.25, 0.3) is 11.0 Å². The Balaban J connectivity index is 1.71. The molecule has 4 rings (SSSR count). The molecule has 1 aromatic heterocycles. The zero-order chi connectivity index (χ0) is 20.5. The summed E-state index contributed by atoms with van der Waals surface area (Å²) in [5.41, 5.74) is 1.47. The van der Waals surface area contributed by atoms with E-state index < -0.39 is 6.04 Å². The molecular weight excluding hydrogens is 434 g/mol. The zero-order valence-corrected chi connectivity index (χ0v) is 18.0. The molecule has 1 amide bonds. The van der Waals surface area contributed by atoms with Crippen LogP contribution in [-0.2, 0) is 0 Å². The number of unbranched alkanes of at least 4 members (excludes halogenated alkanes) is 2. The third-order valence-corrected chi connectivity index (χ3v) is 5.77. The number of amides is 1. The molecule has 0 N–H and O–H groups in total. The quantitative estimate of drug-likeness (QED) is 0.473. The molecule has 0 saturated carbocycles. The number of carbonyl (C=O) groups excluding carboxylic acids is 1. The van der Waals surface area contributed by atoms with Crippen LogP contribution in [0.3, 0.4) is 0 Å². The van der Waals surface area contributed by atoms with E-state index in [2.05, 4.69) is 22.9 Å². The standard InChI is InChI=1S/C23H22BrNO4/c1-3-4-5-12-28-16-9-6-14(7-10-16)20-19-21(26)17-13-15(24)8-11-18(17)29-22(19)23(27)25(20)2/h6-11,13,20H,3-5,12H2,1-2H3. The Bertz CT molecular complexity index is 1120. The summed E-state index contributed by atoms with van der Waals surface area (Å²) in [6.07, 6.45) is 3.32. The van der Waals surface area contributed by atoms with Gasteiger partial charge in [0.15, 0.2) is 5.43 Å². The summed E-state index contributed by atoms with van der Waals surface area (Å²) >= 11 is 3.40. The van der Waals surface area contributed by atoms with Crippen LogP contribution in [0.5, 0.6) is 5.75 Å². The summed E-state index contributed by atoms with van der Waals surface area (Å²) in [5, 5.41) is 0.460. The highest BCUT2D eigenvalue weighted by molar-refractivity contribution is 9.10. The van der Waals surface area contributed by atoms with Gasteiger partial charge in [-0.05, 0) is 42.3 Å². The first-order chi connectivity index (χ1) is 14.0. The first-order valence-electron chi connectivity index (χ1n) is 9.77. The second kappa shape index (κ2) is 8.03. The lowest BCUT2D eigenvalue weighted by molar-refractivity contribution is 0.0771. The summed E-state index contributed by atoms with van der Waals surface area (Å²) < 4.78 is 12.4. The fourth-order valence-electron chi connectivity index (χ4n) is 3.74. The summed E-state index contributed by atoms with van der Waals surface area (Å²) in [5.74, 6) is 0.621. The first-order valence-corrected chi connectivity index (χ1v) is 10.6. The van der Waals surface area contributed by atoms with E-state index in [9.17, 15) is 9.59 Å². The van der Waals surface area contributed by atoms with Crippen molar-refractivity contribution in [1.82, 2.24) is 4.90 Å². The first kappa shape index (κ1) is 19.7. The van der Waals surface area contributed by atoms with Crippen LogP contribution in [0.2, 0.25) is 0 Å². The normalized spacial score (nSPS) is 15.8. The smallest absolute Gasteiger partial charge is 0.290 e. The second-order valence-electron chi connectivity index (χ2n) is 7.26. The highest BCUT2D eigenvalue weighted by Gasteiger charge is 2.40. The molecule has 2 aromatic carbocycles. The zero-order valence-electron chi connectivity index (χ0n) is 16.4. The van der Waals surface area contributed by atoms with E-state index in [1.165, 1.54) is 0 Å². The number of rotatable bonds is 6. The highest BCUT2D eigenvalue weighted by Crippen LogP contribution is 2.37. The molecule has 6 heteroatoms. The number of ether oxygens (including phenoxy) is 1. The molecule has 0 saturated heterocycles. The third-order valence-electron chi connectivity index (χ3n) is 5.28. The number of carbonyl (C=O) groups is 1. The molecule has 5 nitrogen and oxygen atoms in total. The van der Waals surface area contributed by atoms with Crippen LogP contribution < -0.4 is 10.2 Å². The molecular formula is C23H22BrNO4. The van der Waals surface area contributed by atoms with Crippen molar-refractivity contribution in [2.24, 2.45) is 0 Å².